The smallest absolute Gasteiger partial charge is 0.241 e. The number of halogens is 1. The van der Waals surface area contributed by atoms with Gasteiger partial charge in [0, 0.05) is 30.1 Å². The van der Waals surface area contributed by atoms with Crippen LogP contribution in [-0.2, 0) is 40.7 Å². The van der Waals surface area contributed by atoms with Crippen LogP contribution in [0.25, 0.3) is 0 Å². The number of anilines is 1. The van der Waals surface area contributed by atoms with Gasteiger partial charge in [0.05, 0.1) is 19.1 Å². The molecule has 35 heavy (non-hydrogen) atoms. The molecular weight excluding hydrogens is 491 g/mol. The Morgan fingerprint density at radius 2 is 2.09 bits per heavy atom. The number of sulfonamides is 1. The van der Waals surface area contributed by atoms with Gasteiger partial charge in [0.2, 0.25) is 15.9 Å². The first-order valence-corrected chi connectivity index (χ1v) is 13.0. The van der Waals surface area contributed by atoms with Gasteiger partial charge in [-0.05, 0) is 41.8 Å². The van der Waals surface area contributed by atoms with Crippen molar-refractivity contribution in [3.05, 3.63) is 75.4 Å². The summed E-state index contributed by atoms with van der Waals surface area (Å²) >= 11 is 1.39. The molecule has 0 aliphatic carbocycles. The average molecular weight is 515 g/mol. The van der Waals surface area contributed by atoms with Gasteiger partial charge in [0.25, 0.3) is 0 Å². The first-order valence-electron chi connectivity index (χ1n) is 10.7. The minimum atomic E-state index is -3.96. The molecule has 182 valence electrons. The van der Waals surface area contributed by atoms with Crippen LogP contribution in [0, 0.1) is 17.1 Å². The van der Waals surface area contributed by atoms with Crippen LogP contribution in [0.15, 0.2) is 47.4 Å². The molecule has 8 nitrogen and oxygen atoms in total. The van der Waals surface area contributed by atoms with Crippen molar-refractivity contribution in [2.24, 2.45) is 5.14 Å². The van der Waals surface area contributed by atoms with Crippen LogP contribution < -0.4 is 15.2 Å². The normalized spacial score (nSPS) is 13.7. The molecule has 1 amide bonds. The third kappa shape index (κ3) is 5.68. The van der Waals surface area contributed by atoms with Crippen molar-refractivity contribution in [2.75, 3.05) is 19.0 Å². The lowest BCUT2D eigenvalue weighted by Gasteiger charge is -2.27. The number of hydrogen-bond donors (Lipinski definition) is 2. The van der Waals surface area contributed by atoms with Crippen LogP contribution in [0.1, 0.15) is 27.1 Å². The SMILES string of the molecule is COc1cc(CC(=O)Nc2sc3c(c2C#N)CN(Cc2cccc(F)c2)CC3)ccc1S(N)(=O)=O. The van der Waals surface area contributed by atoms with Gasteiger partial charge in [-0.2, -0.15) is 5.26 Å². The number of methoxy groups -OCH3 is 1. The van der Waals surface area contributed by atoms with E-state index in [1.165, 1.54) is 48.8 Å². The molecule has 11 heteroatoms. The largest absolute Gasteiger partial charge is 0.495 e. The minimum absolute atomic E-state index is 0.0413. The summed E-state index contributed by atoms with van der Waals surface area (Å²) in [6.07, 6.45) is 0.687. The fraction of sp³-hybridized carbons (Fsp3) is 0.250. The number of amides is 1. The Morgan fingerprint density at radius 1 is 1.29 bits per heavy atom. The molecule has 2 heterocycles. The Balaban J connectivity index is 1.48. The van der Waals surface area contributed by atoms with E-state index in [9.17, 15) is 22.9 Å². The number of fused-ring (bicyclic) bond motifs is 1. The zero-order chi connectivity index (χ0) is 25.2. The highest BCUT2D eigenvalue weighted by atomic mass is 32.2. The Kier molecular flexibility index (Phi) is 7.18. The molecule has 0 bridgehead atoms. The predicted molar refractivity (Wildman–Crippen MR) is 130 cm³/mol. The Labute approximate surface area is 206 Å². The Morgan fingerprint density at radius 3 is 2.77 bits per heavy atom. The number of thiophene rings is 1. The molecule has 2 aromatic carbocycles. The zero-order valence-corrected chi connectivity index (χ0v) is 20.5. The Hall–Kier alpha value is -3.30. The number of nitrogens with one attached hydrogen (secondary N) is 1. The monoisotopic (exact) mass is 514 g/mol. The molecule has 3 aromatic rings. The summed E-state index contributed by atoms with van der Waals surface area (Å²) in [6.45, 7) is 1.86. The van der Waals surface area contributed by atoms with Crippen LogP contribution in [0.2, 0.25) is 0 Å². The second kappa shape index (κ2) is 10.1. The van der Waals surface area contributed by atoms with E-state index >= 15 is 0 Å². The van der Waals surface area contributed by atoms with E-state index in [0.717, 1.165) is 29.0 Å². The fourth-order valence-electron chi connectivity index (χ4n) is 4.09. The summed E-state index contributed by atoms with van der Waals surface area (Å²) in [5.74, 6) is -0.571. The molecule has 0 unspecified atom stereocenters. The third-order valence-electron chi connectivity index (χ3n) is 5.69. The van der Waals surface area contributed by atoms with Crippen molar-refractivity contribution >= 4 is 32.3 Å². The second-order valence-corrected chi connectivity index (χ2v) is 10.8. The number of nitriles is 1. The van der Waals surface area contributed by atoms with Gasteiger partial charge in [-0.25, -0.2) is 17.9 Å². The van der Waals surface area contributed by atoms with Gasteiger partial charge in [0.15, 0.2) is 0 Å². The molecule has 3 N–H and O–H groups in total. The molecule has 0 saturated heterocycles. The number of nitrogens with zero attached hydrogens (tertiary/aromatic N) is 2. The predicted octanol–water partition coefficient (Wildman–Crippen LogP) is 3.15. The van der Waals surface area contributed by atoms with E-state index in [-0.39, 0.29) is 28.8 Å². The zero-order valence-electron chi connectivity index (χ0n) is 18.9. The lowest BCUT2D eigenvalue weighted by molar-refractivity contribution is -0.115. The number of rotatable bonds is 7. The summed E-state index contributed by atoms with van der Waals surface area (Å²) in [6, 6.07) is 12.9. The highest BCUT2D eigenvalue weighted by Crippen LogP contribution is 2.37. The summed E-state index contributed by atoms with van der Waals surface area (Å²) < 4.78 is 42.0. The topological polar surface area (TPSA) is 126 Å². The molecule has 1 aliphatic rings. The van der Waals surface area contributed by atoms with Crippen LogP contribution >= 0.6 is 11.3 Å². The number of primary sulfonamides is 1. The highest BCUT2D eigenvalue weighted by Gasteiger charge is 2.26. The molecule has 0 radical (unpaired) electrons. The van der Waals surface area contributed by atoms with Crippen molar-refractivity contribution in [3.8, 4) is 11.8 Å². The second-order valence-electron chi connectivity index (χ2n) is 8.17. The van der Waals surface area contributed by atoms with Crippen molar-refractivity contribution < 1.29 is 22.3 Å². The number of ether oxygens (including phenoxy) is 1. The molecule has 0 saturated carbocycles. The van der Waals surface area contributed by atoms with Crippen molar-refractivity contribution in [3.63, 3.8) is 0 Å². The van der Waals surface area contributed by atoms with E-state index in [4.69, 9.17) is 9.88 Å². The number of nitrogens with two attached hydrogens (primary N) is 1. The lowest BCUT2D eigenvalue weighted by atomic mass is 10.0. The maximum atomic E-state index is 13.5. The lowest BCUT2D eigenvalue weighted by Crippen LogP contribution is -2.29. The average Bonchev–Trinajstić information content (AvgIpc) is 3.14. The summed E-state index contributed by atoms with van der Waals surface area (Å²) in [5.41, 5.74) is 2.71. The molecular formula is C24H23FN4O4S2. The molecule has 4 rings (SSSR count). The molecule has 0 fully saturated rings. The Bertz CT molecular complexity index is 1430. The van der Waals surface area contributed by atoms with Crippen molar-refractivity contribution in [2.45, 2.75) is 30.8 Å². The van der Waals surface area contributed by atoms with E-state index in [1.807, 2.05) is 6.07 Å². The summed E-state index contributed by atoms with van der Waals surface area (Å²) in [4.78, 5) is 15.8. The fourth-order valence-corrected chi connectivity index (χ4v) is 5.94. The molecule has 1 aliphatic heterocycles. The van der Waals surface area contributed by atoms with Crippen LogP contribution in [0.5, 0.6) is 5.75 Å². The summed E-state index contributed by atoms with van der Waals surface area (Å²) in [5, 5.41) is 18.3. The molecule has 0 spiro atoms. The third-order valence-corrected chi connectivity index (χ3v) is 7.84. The van der Waals surface area contributed by atoms with Crippen LogP contribution in [0.4, 0.5) is 9.39 Å². The van der Waals surface area contributed by atoms with Gasteiger partial charge in [-0.3, -0.25) is 9.69 Å². The number of benzene rings is 2. The van der Waals surface area contributed by atoms with Gasteiger partial charge >= 0.3 is 0 Å². The maximum absolute atomic E-state index is 13.5. The number of hydrogen-bond acceptors (Lipinski definition) is 7. The first kappa shape index (κ1) is 24.8. The van der Waals surface area contributed by atoms with Crippen molar-refractivity contribution in [1.82, 2.24) is 4.90 Å². The first-order chi connectivity index (χ1) is 16.7. The molecule has 0 atom stereocenters. The van der Waals surface area contributed by atoms with Gasteiger partial charge in [-0.1, -0.05) is 18.2 Å². The number of carbonyl (C=O) groups excluding carboxylic acids is 1. The van der Waals surface area contributed by atoms with Gasteiger partial charge in [0.1, 0.15) is 27.5 Å². The molecule has 1 aromatic heterocycles. The number of carbonyl (C=O) groups is 1. The van der Waals surface area contributed by atoms with E-state index in [2.05, 4.69) is 16.3 Å². The van der Waals surface area contributed by atoms with Crippen molar-refractivity contribution in [1.29, 1.82) is 5.26 Å². The minimum Gasteiger partial charge on any atom is -0.495 e. The van der Waals surface area contributed by atoms with Gasteiger partial charge in [-0.15, -0.1) is 11.3 Å². The highest BCUT2D eigenvalue weighted by molar-refractivity contribution is 7.89. The quantitative estimate of drug-likeness (QED) is 0.499. The van der Waals surface area contributed by atoms with E-state index < -0.39 is 10.0 Å². The van der Waals surface area contributed by atoms with Gasteiger partial charge < -0.3 is 10.1 Å². The summed E-state index contributed by atoms with van der Waals surface area (Å²) in [7, 11) is -2.64. The van der Waals surface area contributed by atoms with Crippen LogP contribution in [-0.4, -0.2) is 32.9 Å². The van der Waals surface area contributed by atoms with Crippen LogP contribution in [0.3, 0.4) is 0 Å². The van der Waals surface area contributed by atoms with E-state index in [0.29, 0.717) is 29.2 Å². The maximum Gasteiger partial charge on any atom is 0.241 e. The van der Waals surface area contributed by atoms with E-state index in [1.54, 1.807) is 6.07 Å². The standard InChI is InChI=1S/C24H23FN4O4S2/c1-33-20-10-15(5-6-22(20)35(27,31)32)11-23(30)28-24-18(12-26)19-14-29(8-7-21(19)34-24)13-16-3-2-4-17(25)9-16/h2-6,9-10H,7-8,11,13-14H2,1H3,(H,28,30)(H2,27,31,32).